The van der Waals surface area contributed by atoms with E-state index in [1.165, 1.54) is 0 Å². The Kier molecular flexibility index (Phi) is 8.08. The van der Waals surface area contributed by atoms with Gasteiger partial charge in [-0.2, -0.15) is 0 Å². The Morgan fingerprint density at radius 3 is 2.44 bits per heavy atom. The van der Waals surface area contributed by atoms with Crippen molar-refractivity contribution in [2.24, 2.45) is 5.92 Å². The average Bonchev–Trinajstić information content (AvgIpc) is 2.43. The number of hydrogen-bond acceptors (Lipinski definition) is 3. The molecule has 0 heterocycles. The van der Waals surface area contributed by atoms with Gasteiger partial charge in [-0.05, 0) is 23.6 Å². The molecule has 1 aromatic carbocycles. The Morgan fingerprint density at radius 1 is 1.32 bits per heavy atom. The fraction of sp³-hybridized carbons (Fsp3) is 0.467. The third-order valence-corrected chi connectivity index (χ3v) is 4.36. The Hall–Kier alpha value is -1.41. The van der Waals surface area contributed by atoms with Gasteiger partial charge in [0, 0.05) is 17.4 Å². The molecule has 0 spiro atoms. The molecule has 0 bridgehead atoms. The number of nitrogens with zero attached hydrogens (tertiary/aromatic N) is 1. The number of benzene rings is 1. The molecule has 0 aromatic heterocycles. The van der Waals surface area contributed by atoms with Gasteiger partial charge < -0.3 is 25.1 Å². The highest BCUT2D eigenvalue weighted by atomic mass is 79.9. The molecule has 0 fully saturated rings. The third-order valence-electron chi connectivity index (χ3n) is 3.15. The Balaban J connectivity index is 2.88. The number of hydrogen-bond donors (Lipinski definition) is 4. The minimum Gasteiger partial charge on any atom is -0.480 e. The van der Waals surface area contributed by atoms with Crippen LogP contribution in [0, 0.1) is 5.92 Å². The molecule has 4 N–H and O–H groups in total. The van der Waals surface area contributed by atoms with Gasteiger partial charge >= 0.3 is 19.6 Å². The number of carbonyl (C=O) groups excluding carboxylic acids is 1. The SMILES string of the molecule is CC(C)CN(CP(=O)(O)O)C(=O)N[C@@H](Cc1cccc(Br)c1)C(=O)O. The molecule has 0 saturated carbocycles. The van der Waals surface area contributed by atoms with Gasteiger partial charge in [0.25, 0.3) is 0 Å². The van der Waals surface area contributed by atoms with Crippen molar-refractivity contribution in [3.63, 3.8) is 0 Å². The van der Waals surface area contributed by atoms with Crippen LogP contribution in [0.5, 0.6) is 0 Å². The number of carboxylic acid groups (broad SMARTS) is 1. The molecule has 0 aliphatic heterocycles. The lowest BCUT2D eigenvalue weighted by atomic mass is 10.1. The number of carboxylic acids is 1. The van der Waals surface area contributed by atoms with E-state index >= 15 is 0 Å². The zero-order valence-electron chi connectivity index (χ0n) is 13.9. The minimum absolute atomic E-state index is 0.0364. The highest BCUT2D eigenvalue weighted by Gasteiger charge is 2.28. The van der Waals surface area contributed by atoms with Crippen molar-refractivity contribution < 1.29 is 29.0 Å². The van der Waals surface area contributed by atoms with E-state index in [9.17, 15) is 19.3 Å². The highest BCUT2D eigenvalue weighted by molar-refractivity contribution is 9.10. The maximum Gasteiger partial charge on any atom is 0.344 e. The smallest absolute Gasteiger partial charge is 0.344 e. The molecular weight excluding hydrogens is 415 g/mol. The van der Waals surface area contributed by atoms with Gasteiger partial charge in [0.1, 0.15) is 12.3 Å². The summed E-state index contributed by atoms with van der Waals surface area (Å²) < 4.78 is 12.0. The highest BCUT2D eigenvalue weighted by Crippen LogP contribution is 2.35. The predicted octanol–water partition coefficient (Wildman–Crippen LogP) is 2.25. The second-order valence-electron chi connectivity index (χ2n) is 6.10. The van der Waals surface area contributed by atoms with Gasteiger partial charge in [-0.1, -0.05) is 41.9 Å². The van der Waals surface area contributed by atoms with Crippen LogP contribution in [0.15, 0.2) is 28.7 Å². The Bertz CT molecular complexity index is 663. The maximum atomic E-state index is 12.3. The van der Waals surface area contributed by atoms with E-state index in [1.54, 1.807) is 38.1 Å². The molecule has 0 saturated heterocycles. The molecule has 0 aliphatic rings. The molecule has 2 amide bonds. The molecule has 0 aliphatic carbocycles. The van der Waals surface area contributed by atoms with Crippen LogP contribution in [0.2, 0.25) is 0 Å². The Morgan fingerprint density at radius 2 is 1.96 bits per heavy atom. The van der Waals surface area contributed by atoms with Crippen LogP contribution in [-0.2, 0) is 15.8 Å². The van der Waals surface area contributed by atoms with Crippen molar-refractivity contribution >= 4 is 35.5 Å². The molecule has 10 heteroatoms. The van der Waals surface area contributed by atoms with Crippen LogP contribution in [0.25, 0.3) is 0 Å². The average molecular weight is 437 g/mol. The van der Waals surface area contributed by atoms with Crippen molar-refractivity contribution in [2.45, 2.75) is 26.3 Å². The predicted molar refractivity (Wildman–Crippen MR) is 96.3 cm³/mol. The van der Waals surface area contributed by atoms with Crippen LogP contribution in [0.4, 0.5) is 4.79 Å². The van der Waals surface area contributed by atoms with Crippen molar-refractivity contribution in [3.8, 4) is 0 Å². The topological polar surface area (TPSA) is 127 Å². The lowest BCUT2D eigenvalue weighted by Gasteiger charge is -2.27. The van der Waals surface area contributed by atoms with Crippen LogP contribution in [-0.4, -0.2) is 50.7 Å². The summed E-state index contributed by atoms with van der Waals surface area (Å²) in [5.74, 6) is -1.26. The zero-order valence-corrected chi connectivity index (χ0v) is 16.4. The summed E-state index contributed by atoms with van der Waals surface area (Å²) in [6.07, 6.45) is -0.716. The standard InChI is InChI=1S/C15H22BrN2O6P/c1-10(2)8-18(9-25(22,23)24)15(21)17-13(14(19)20)7-11-4-3-5-12(16)6-11/h3-6,10,13H,7-9H2,1-2H3,(H,17,21)(H,19,20)(H2,22,23,24)/t13-/m0/s1. The Labute approximate surface area is 154 Å². The van der Waals surface area contributed by atoms with Crippen molar-refractivity contribution in [2.75, 3.05) is 12.8 Å². The molecule has 1 aromatic rings. The molecule has 8 nitrogen and oxygen atoms in total. The van der Waals surface area contributed by atoms with Crippen LogP contribution >= 0.6 is 23.5 Å². The normalized spacial score (nSPS) is 12.7. The van der Waals surface area contributed by atoms with E-state index in [4.69, 9.17) is 9.79 Å². The second-order valence-corrected chi connectivity index (χ2v) is 8.62. The molecule has 1 atom stereocenters. The summed E-state index contributed by atoms with van der Waals surface area (Å²) in [6.45, 7) is 3.67. The number of nitrogens with one attached hydrogen (secondary N) is 1. The molecule has 0 radical (unpaired) electrons. The monoisotopic (exact) mass is 436 g/mol. The number of rotatable bonds is 8. The molecule has 140 valence electrons. The quantitative estimate of drug-likeness (QED) is 0.462. The van der Waals surface area contributed by atoms with Gasteiger partial charge in [-0.25, -0.2) is 9.59 Å². The zero-order chi connectivity index (χ0) is 19.2. The van der Waals surface area contributed by atoms with E-state index in [0.29, 0.717) is 5.56 Å². The van der Waals surface area contributed by atoms with Gasteiger partial charge in [-0.3, -0.25) is 4.57 Å². The summed E-state index contributed by atoms with van der Waals surface area (Å²) in [4.78, 5) is 43.0. The summed E-state index contributed by atoms with van der Waals surface area (Å²) in [5.41, 5.74) is 0.701. The first-order valence-corrected chi connectivity index (χ1v) is 10.1. The number of halogens is 1. The lowest BCUT2D eigenvalue weighted by Crippen LogP contribution is -2.50. The first-order chi connectivity index (χ1) is 11.5. The fourth-order valence-electron chi connectivity index (χ4n) is 2.21. The first kappa shape index (κ1) is 21.6. The van der Waals surface area contributed by atoms with Gasteiger partial charge in [0.15, 0.2) is 0 Å². The summed E-state index contributed by atoms with van der Waals surface area (Å²) in [5, 5.41) is 11.7. The number of urea groups is 1. The third kappa shape index (κ3) is 8.49. The number of carbonyl (C=O) groups is 2. The van der Waals surface area contributed by atoms with E-state index in [0.717, 1.165) is 9.37 Å². The van der Waals surface area contributed by atoms with E-state index < -0.39 is 31.9 Å². The largest absolute Gasteiger partial charge is 0.480 e. The van der Waals surface area contributed by atoms with Gasteiger partial charge in [0.2, 0.25) is 0 Å². The van der Waals surface area contributed by atoms with Crippen molar-refractivity contribution in [1.82, 2.24) is 10.2 Å². The van der Waals surface area contributed by atoms with E-state index in [2.05, 4.69) is 21.2 Å². The minimum atomic E-state index is -4.46. The van der Waals surface area contributed by atoms with Gasteiger partial charge in [-0.15, -0.1) is 0 Å². The first-order valence-electron chi connectivity index (χ1n) is 7.55. The van der Waals surface area contributed by atoms with E-state index in [1.807, 2.05) is 0 Å². The van der Waals surface area contributed by atoms with Crippen LogP contribution < -0.4 is 5.32 Å². The van der Waals surface area contributed by atoms with Crippen molar-refractivity contribution in [1.29, 1.82) is 0 Å². The number of aliphatic carboxylic acids is 1. The second kappa shape index (κ2) is 9.33. The molecule has 25 heavy (non-hydrogen) atoms. The molecule has 1 rings (SSSR count). The van der Waals surface area contributed by atoms with Gasteiger partial charge in [0.05, 0.1) is 0 Å². The van der Waals surface area contributed by atoms with E-state index in [-0.39, 0.29) is 18.9 Å². The van der Waals surface area contributed by atoms with Crippen LogP contribution in [0.1, 0.15) is 19.4 Å². The maximum absolute atomic E-state index is 12.3. The van der Waals surface area contributed by atoms with Crippen LogP contribution in [0.3, 0.4) is 0 Å². The lowest BCUT2D eigenvalue weighted by molar-refractivity contribution is -0.139. The summed E-state index contributed by atoms with van der Waals surface area (Å²) >= 11 is 3.29. The van der Waals surface area contributed by atoms with Crippen molar-refractivity contribution in [3.05, 3.63) is 34.3 Å². The number of amides is 2. The summed E-state index contributed by atoms with van der Waals surface area (Å²) in [7, 11) is -4.46. The molecular formula is C15H22BrN2O6P. The fourth-order valence-corrected chi connectivity index (χ4v) is 3.34. The summed E-state index contributed by atoms with van der Waals surface area (Å²) in [6, 6.07) is 4.98. The molecule has 0 unspecified atom stereocenters.